The third kappa shape index (κ3) is 3.05. The van der Waals surface area contributed by atoms with Crippen molar-refractivity contribution in [3.8, 4) is 0 Å². The van der Waals surface area contributed by atoms with Crippen molar-refractivity contribution in [3.63, 3.8) is 0 Å². The molecule has 0 N–H and O–H groups in total. The highest BCUT2D eigenvalue weighted by Crippen LogP contribution is 2.12. The third-order valence-electron chi connectivity index (χ3n) is 1.51. The largest absolute Gasteiger partial charge is 0.550 e. The second-order valence-corrected chi connectivity index (χ2v) is 3.42. The maximum Gasteiger partial charge on any atom is 0.0417 e. The van der Waals surface area contributed by atoms with Gasteiger partial charge in [0, 0.05) is 10.4 Å². The fourth-order valence-electron chi connectivity index (χ4n) is 0.939. The van der Waals surface area contributed by atoms with E-state index in [1.807, 2.05) is 24.3 Å². The molecule has 0 bridgehead atoms. The maximum atomic E-state index is 10.1. The van der Waals surface area contributed by atoms with E-state index in [0.717, 1.165) is 10.0 Å². The van der Waals surface area contributed by atoms with Crippen LogP contribution < -0.4 is 5.11 Å². The summed E-state index contributed by atoms with van der Waals surface area (Å²) in [6.07, 6.45) is 0.609. The molecule has 0 amide bonds. The number of aryl methyl sites for hydroxylation is 1. The minimum atomic E-state index is -1.00. The van der Waals surface area contributed by atoms with Gasteiger partial charge in [-0.25, -0.2) is 0 Å². The van der Waals surface area contributed by atoms with Gasteiger partial charge in [0.25, 0.3) is 0 Å². The smallest absolute Gasteiger partial charge is 0.0417 e. The fraction of sp³-hybridized carbons (Fsp3) is 0.222. The summed E-state index contributed by atoms with van der Waals surface area (Å²) < 4.78 is 0.971. The van der Waals surface area contributed by atoms with Crippen LogP contribution in [0.25, 0.3) is 0 Å². The lowest BCUT2D eigenvalue weighted by atomic mass is 10.1. The Bertz CT molecular complexity index is 284. The van der Waals surface area contributed by atoms with Crippen molar-refractivity contribution >= 4 is 21.9 Å². The van der Waals surface area contributed by atoms with E-state index in [4.69, 9.17) is 0 Å². The number of carbonyl (C=O) groups excluding carboxylic acids is 1. The van der Waals surface area contributed by atoms with Gasteiger partial charge in [-0.1, -0.05) is 28.1 Å². The maximum absolute atomic E-state index is 10.1. The number of hydrogen-bond donors (Lipinski definition) is 0. The Labute approximate surface area is 79.3 Å². The number of benzene rings is 1. The SMILES string of the molecule is O=C([O-])CCc1cccc(Br)c1. The van der Waals surface area contributed by atoms with Crippen LogP contribution in [0.1, 0.15) is 12.0 Å². The Kier molecular flexibility index (Phi) is 3.29. The molecule has 3 heteroatoms. The normalized spacial score (nSPS) is 9.75. The molecule has 0 heterocycles. The molecule has 1 aromatic rings. The molecular formula is C9H8BrO2-. The topological polar surface area (TPSA) is 40.1 Å². The number of carboxylic acid groups (broad SMARTS) is 1. The molecular weight excluding hydrogens is 220 g/mol. The molecule has 0 fully saturated rings. The van der Waals surface area contributed by atoms with Crippen molar-refractivity contribution < 1.29 is 9.90 Å². The summed E-state index contributed by atoms with van der Waals surface area (Å²) in [5.74, 6) is -1.00. The zero-order valence-electron chi connectivity index (χ0n) is 6.42. The first kappa shape index (κ1) is 9.26. The van der Waals surface area contributed by atoms with Gasteiger partial charge in [-0.2, -0.15) is 0 Å². The predicted molar refractivity (Wildman–Crippen MR) is 47.5 cm³/mol. The standard InChI is InChI=1S/C9H9BrO2/c10-8-3-1-2-7(6-8)4-5-9(11)12/h1-3,6H,4-5H2,(H,11,12)/p-1. The Morgan fingerprint density at radius 1 is 1.50 bits per heavy atom. The summed E-state index contributed by atoms with van der Waals surface area (Å²) in [6, 6.07) is 7.59. The molecule has 0 spiro atoms. The van der Waals surface area contributed by atoms with Gasteiger partial charge in [-0.3, -0.25) is 0 Å². The van der Waals surface area contributed by atoms with Crippen LogP contribution in [0.2, 0.25) is 0 Å². The molecule has 2 nitrogen and oxygen atoms in total. The van der Waals surface area contributed by atoms with Gasteiger partial charge >= 0.3 is 0 Å². The van der Waals surface area contributed by atoms with Gasteiger partial charge in [0.2, 0.25) is 0 Å². The molecule has 0 atom stereocenters. The summed E-state index contributed by atoms with van der Waals surface area (Å²) >= 11 is 3.31. The summed E-state index contributed by atoms with van der Waals surface area (Å²) in [4.78, 5) is 10.1. The van der Waals surface area contributed by atoms with Crippen LogP contribution in [0.4, 0.5) is 0 Å². The van der Waals surface area contributed by atoms with Gasteiger partial charge in [-0.15, -0.1) is 0 Å². The van der Waals surface area contributed by atoms with E-state index in [9.17, 15) is 9.90 Å². The summed E-state index contributed by atoms with van der Waals surface area (Å²) in [7, 11) is 0. The van der Waals surface area contributed by atoms with Crippen molar-refractivity contribution in [2.45, 2.75) is 12.8 Å². The van der Waals surface area contributed by atoms with Gasteiger partial charge in [0.05, 0.1) is 0 Å². The Balaban J connectivity index is 2.57. The number of carboxylic acids is 1. The molecule has 1 rings (SSSR count). The molecule has 0 aliphatic rings. The number of rotatable bonds is 3. The summed E-state index contributed by atoms with van der Waals surface area (Å²) in [5.41, 5.74) is 1.01. The lowest BCUT2D eigenvalue weighted by Crippen LogP contribution is -2.22. The summed E-state index contributed by atoms with van der Waals surface area (Å²) in [5, 5.41) is 10.1. The van der Waals surface area contributed by atoms with E-state index in [1.54, 1.807) is 0 Å². The van der Waals surface area contributed by atoms with Crippen LogP contribution in [-0.2, 0) is 11.2 Å². The highest BCUT2D eigenvalue weighted by atomic mass is 79.9. The molecule has 0 aliphatic carbocycles. The lowest BCUT2D eigenvalue weighted by Gasteiger charge is -2.02. The molecule has 0 aromatic heterocycles. The van der Waals surface area contributed by atoms with Crippen LogP contribution in [0.15, 0.2) is 28.7 Å². The predicted octanol–water partition coefficient (Wildman–Crippen LogP) is 1.13. The van der Waals surface area contributed by atoms with Crippen LogP contribution >= 0.6 is 15.9 Å². The average molecular weight is 228 g/mol. The van der Waals surface area contributed by atoms with Gasteiger partial charge < -0.3 is 9.90 Å². The second kappa shape index (κ2) is 4.26. The van der Waals surface area contributed by atoms with Crippen LogP contribution in [0, 0.1) is 0 Å². The minimum Gasteiger partial charge on any atom is -0.550 e. The van der Waals surface area contributed by atoms with Crippen molar-refractivity contribution in [2.24, 2.45) is 0 Å². The van der Waals surface area contributed by atoms with Crippen LogP contribution in [-0.4, -0.2) is 5.97 Å². The second-order valence-electron chi connectivity index (χ2n) is 2.50. The quantitative estimate of drug-likeness (QED) is 0.777. The van der Waals surface area contributed by atoms with E-state index in [1.165, 1.54) is 0 Å². The van der Waals surface area contributed by atoms with Crippen LogP contribution in [0.5, 0.6) is 0 Å². The first-order valence-corrected chi connectivity index (χ1v) is 4.42. The zero-order chi connectivity index (χ0) is 8.97. The van der Waals surface area contributed by atoms with Crippen molar-refractivity contribution in [3.05, 3.63) is 34.3 Å². The van der Waals surface area contributed by atoms with Gasteiger partial charge in [-0.05, 0) is 30.5 Å². The molecule has 0 aliphatic heterocycles. The average Bonchev–Trinajstić information content (AvgIpc) is 2.01. The molecule has 12 heavy (non-hydrogen) atoms. The minimum absolute atomic E-state index is 0.0798. The molecule has 0 saturated carbocycles. The number of hydrogen-bond acceptors (Lipinski definition) is 2. The van der Waals surface area contributed by atoms with Gasteiger partial charge in [0.15, 0.2) is 0 Å². The van der Waals surface area contributed by atoms with E-state index in [0.29, 0.717) is 6.42 Å². The Morgan fingerprint density at radius 3 is 2.83 bits per heavy atom. The fourth-order valence-corrected chi connectivity index (χ4v) is 1.39. The first-order valence-electron chi connectivity index (χ1n) is 3.63. The Morgan fingerprint density at radius 2 is 2.25 bits per heavy atom. The van der Waals surface area contributed by atoms with E-state index in [-0.39, 0.29) is 6.42 Å². The van der Waals surface area contributed by atoms with Crippen LogP contribution in [0.3, 0.4) is 0 Å². The number of carbonyl (C=O) groups is 1. The highest BCUT2D eigenvalue weighted by Gasteiger charge is 1.93. The number of halogens is 1. The lowest BCUT2D eigenvalue weighted by molar-refractivity contribution is -0.305. The molecule has 0 unspecified atom stereocenters. The molecule has 0 radical (unpaired) electrons. The molecule has 0 saturated heterocycles. The number of aliphatic carboxylic acids is 1. The summed E-state index contributed by atoms with van der Waals surface area (Å²) in [6.45, 7) is 0. The van der Waals surface area contributed by atoms with E-state index >= 15 is 0 Å². The highest BCUT2D eigenvalue weighted by molar-refractivity contribution is 9.10. The third-order valence-corrected chi connectivity index (χ3v) is 2.00. The van der Waals surface area contributed by atoms with Crippen molar-refractivity contribution in [1.82, 2.24) is 0 Å². The van der Waals surface area contributed by atoms with E-state index < -0.39 is 5.97 Å². The van der Waals surface area contributed by atoms with Crippen molar-refractivity contribution in [1.29, 1.82) is 0 Å². The molecule has 1 aromatic carbocycles. The van der Waals surface area contributed by atoms with Crippen molar-refractivity contribution in [2.75, 3.05) is 0 Å². The molecule has 64 valence electrons. The zero-order valence-corrected chi connectivity index (χ0v) is 8.00. The monoisotopic (exact) mass is 227 g/mol. The first-order chi connectivity index (χ1) is 5.68. The Hall–Kier alpha value is -0.830. The van der Waals surface area contributed by atoms with E-state index in [2.05, 4.69) is 15.9 Å². The van der Waals surface area contributed by atoms with Gasteiger partial charge in [0.1, 0.15) is 0 Å².